The average molecular weight is 442 g/mol. The van der Waals surface area contributed by atoms with E-state index >= 15 is 0 Å². The van der Waals surface area contributed by atoms with E-state index < -0.39 is 17.3 Å². The Bertz CT molecular complexity index is 946. The molecule has 32 heavy (non-hydrogen) atoms. The Kier molecular flexibility index (Phi) is 7.73. The van der Waals surface area contributed by atoms with Gasteiger partial charge in [-0.15, -0.1) is 0 Å². The summed E-state index contributed by atoms with van der Waals surface area (Å²) < 4.78 is 11.6. The predicted octanol–water partition coefficient (Wildman–Crippen LogP) is 6.12. The van der Waals surface area contributed by atoms with E-state index in [4.69, 9.17) is 14.6 Å². The minimum absolute atomic E-state index is 0.0880. The van der Waals surface area contributed by atoms with Crippen molar-refractivity contribution in [1.82, 2.24) is 4.90 Å². The number of ether oxygens (including phenoxy) is 2. The van der Waals surface area contributed by atoms with Crippen LogP contribution in [0, 0.1) is 13.8 Å². The fourth-order valence-corrected chi connectivity index (χ4v) is 3.89. The lowest BCUT2D eigenvalue weighted by Gasteiger charge is -2.35. The Morgan fingerprint density at radius 2 is 1.66 bits per heavy atom. The van der Waals surface area contributed by atoms with Crippen LogP contribution in [0.5, 0.6) is 0 Å². The fourth-order valence-electron chi connectivity index (χ4n) is 3.89. The molecule has 1 aliphatic rings. The van der Waals surface area contributed by atoms with Crippen LogP contribution < -0.4 is 0 Å². The molecule has 2 atom stereocenters. The van der Waals surface area contributed by atoms with E-state index in [0.29, 0.717) is 5.56 Å². The number of hydrogen-bond acceptors (Lipinski definition) is 4. The van der Waals surface area contributed by atoms with E-state index in [2.05, 4.69) is 0 Å². The van der Waals surface area contributed by atoms with Gasteiger partial charge in [0.2, 0.25) is 0 Å². The molecular weight excluding hydrogens is 406 g/mol. The molecule has 0 unspecified atom stereocenters. The van der Waals surface area contributed by atoms with Gasteiger partial charge in [-0.2, -0.15) is 0 Å². The second-order valence-corrected chi connectivity index (χ2v) is 9.60. The van der Waals surface area contributed by atoms with Crippen molar-refractivity contribution in [3.8, 4) is 0 Å². The molecule has 0 aliphatic carbocycles. The van der Waals surface area contributed by atoms with Gasteiger partial charge in [0.1, 0.15) is 11.3 Å². The summed E-state index contributed by atoms with van der Waals surface area (Å²) in [7, 11) is 0. The van der Waals surface area contributed by atoms with Gasteiger partial charge in [-0.25, -0.2) is 9.59 Å². The van der Waals surface area contributed by atoms with Crippen LogP contribution in [-0.2, 0) is 9.47 Å². The molecule has 0 radical (unpaired) electrons. The van der Waals surface area contributed by atoms with E-state index in [0.717, 1.165) is 16.7 Å². The first kappa shape index (κ1) is 25.4. The van der Waals surface area contributed by atoms with Gasteiger partial charge in [0.15, 0.2) is 0 Å². The summed E-state index contributed by atoms with van der Waals surface area (Å²) in [5, 5.41) is 8.66. The van der Waals surface area contributed by atoms with Crippen molar-refractivity contribution < 1.29 is 24.2 Å². The Labute approximate surface area is 191 Å². The van der Waals surface area contributed by atoms with Gasteiger partial charge in [-0.05, 0) is 72.6 Å². The van der Waals surface area contributed by atoms with Crippen LogP contribution in [0.1, 0.15) is 74.6 Å². The zero-order valence-electron chi connectivity index (χ0n) is 20.3. The number of nitrogens with zero attached hydrogens (tertiary/aromatic N) is 1. The van der Waals surface area contributed by atoms with Gasteiger partial charge in [-0.1, -0.05) is 48.0 Å². The lowest BCUT2D eigenvalue weighted by molar-refractivity contribution is -0.0757. The van der Waals surface area contributed by atoms with Crippen LogP contribution in [-0.4, -0.2) is 39.5 Å². The predicted molar refractivity (Wildman–Crippen MR) is 125 cm³/mol. The highest BCUT2D eigenvalue weighted by atomic mass is 16.6. The maximum atomic E-state index is 12.6. The van der Waals surface area contributed by atoms with Crippen LogP contribution >= 0.6 is 0 Å². The minimum atomic E-state index is -0.859. The summed E-state index contributed by atoms with van der Waals surface area (Å²) >= 11 is 0. The molecule has 3 rings (SSSR count). The maximum absolute atomic E-state index is 12.6. The summed E-state index contributed by atoms with van der Waals surface area (Å²) in [4.78, 5) is 24.9. The maximum Gasteiger partial charge on any atom is 0.413 e. The summed E-state index contributed by atoms with van der Waals surface area (Å²) in [5.41, 5.74) is 2.13. The molecule has 0 saturated carbocycles. The Morgan fingerprint density at radius 1 is 1.06 bits per heavy atom. The van der Waals surface area contributed by atoms with E-state index in [1.165, 1.54) is 0 Å². The number of benzene rings is 2. The highest BCUT2D eigenvalue weighted by molar-refractivity contribution is 5.89. The van der Waals surface area contributed by atoms with Crippen molar-refractivity contribution in [2.24, 2.45) is 0 Å². The zero-order chi connectivity index (χ0) is 24.3. The highest BCUT2D eigenvalue weighted by Crippen LogP contribution is 2.42. The molecule has 0 spiro atoms. The molecule has 0 aromatic heterocycles. The van der Waals surface area contributed by atoms with E-state index in [-0.39, 0.29) is 18.2 Å². The second-order valence-electron chi connectivity index (χ2n) is 9.60. The number of carboxylic acids is 1. The van der Waals surface area contributed by atoms with Crippen molar-refractivity contribution in [2.75, 3.05) is 0 Å². The Morgan fingerprint density at radius 3 is 2.16 bits per heavy atom. The number of rotatable bonds is 2. The third-order valence-corrected chi connectivity index (χ3v) is 5.12. The number of aryl methyl sites for hydroxylation is 2. The van der Waals surface area contributed by atoms with Gasteiger partial charge in [0.25, 0.3) is 0 Å². The zero-order valence-corrected chi connectivity index (χ0v) is 20.3. The standard InChI is InChI=1S/C17H25NO3.C9H10O2/c1-12-14(13-10-8-7-9-11-13)18(17(5,6)20-12)15(19)21-16(2,3)4;1-6-3-4-8(9(10)11)7(2)5-6/h7-12,14H,1-6H3;3-5H,1-2H3,(H,10,11)/t12-,14-;/m1./s1. The molecule has 2 aromatic rings. The van der Waals surface area contributed by atoms with Gasteiger partial charge < -0.3 is 14.6 Å². The monoisotopic (exact) mass is 441 g/mol. The lowest BCUT2D eigenvalue weighted by atomic mass is 10.0. The number of amides is 1. The van der Waals surface area contributed by atoms with Crippen LogP contribution in [0.3, 0.4) is 0 Å². The Hall–Kier alpha value is -2.86. The number of carbonyl (C=O) groups excluding carboxylic acids is 1. The van der Waals surface area contributed by atoms with Crippen molar-refractivity contribution in [2.45, 2.75) is 78.9 Å². The van der Waals surface area contributed by atoms with Crippen LogP contribution in [0.15, 0.2) is 48.5 Å². The van der Waals surface area contributed by atoms with Crippen LogP contribution in [0.4, 0.5) is 4.79 Å². The molecule has 1 heterocycles. The normalized spacial score (nSPS) is 19.7. The fraction of sp³-hybridized carbons (Fsp3) is 0.462. The van der Waals surface area contributed by atoms with Crippen LogP contribution in [0.2, 0.25) is 0 Å². The van der Waals surface area contributed by atoms with Gasteiger partial charge in [0.05, 0.1) is 17.7 Å². The summed E-state index contributed by atoms with van der Waals surface area (Å²) in [6, 6.07) is 15.1. The molecule has 6 heteroatoms. The van der Waals surface area contributed by atoms with Crippen LogP contribution in [0.25, 0.3) is 0 Å². The van der Waals surface area contributed by atoms with Crippen molar-refractivity contribution in [3.05, 3.63) is 70.8 Å². The van der Waals surface area contributed by atoms with E-state index in [1.807, 2.05) is 84.9 Å². The number of carbonyl (C=O) groups is 2. The molecule has 0 bridgehead atoms. The summed E-state index contributed by atoms with van der Waals surface area (Å²) in [5.74, 6) is -0.859. The summed E-state index contributed by atoms with van der Waals surface area (Å²) in [6.07, 6.45) is -0.430. The molecule has 174 valence electrons. The largest absolute Gasteiger partial charge is 0.478 e. The highest BCUT2D eigenvalue weighted by Gasteiger charge is 2.50. The van der Waals surface area contributed by atoms with Crippen molar-refractivity contribution in [1.29, 1.82) is 0 Å². The third kappa shape index (κ3) is 6.33. The lowest BCUT2D eigenvalue weighted by Crippen LogP contribution is -2.47. The smallest absolute Gasteiger partial charge is 0.413 e. The number of aromatic carboxylic acids is 1. The second kappa shape index (κ2) is 9.74. The Balaban J connectivity index is 0.000000278. The number of carboxylic acid groups (broad SMARTS) is 1. The van der Waals surface area contributed by atoms with Gasteiger partial charge in [-0.3, -0.25) is 4.90 Å². The summed E-state index contributed by atoms with van der Waals surface area (Å²) in [6.45, 7) is 15.1. The topological polar surface area (TPSA) is 76.1 Å². The third-order valence-electron chi connectivity index (χ3n) is 5.12. The minimum Gasteiger partial charge on any atom is -0.478 e. The molecule has 2 aromatic carbocycles. The van der Waals surface area contributed by atoms with Crippen molar-refractivity contribution in [3.63, 3.8) is 0 Å². The van der Waals surface area contributed by atoms with E-state index in [1.54, 1.807) is 24.0 Å². The first-order valence-electron chi connectivity index (χ1n) is 10.8. The quantitative estimate of drug-likeness (QED) is 0.607. The molecule has 1 saturated heterocycles. The molecular formula is C26H35NO5. The molecule has 1 N–H and O–H groups in total. The van der Waals surface area contributed by atoms with Gasteiger partial charge >= 0.3 is 12.1 Å². The SMILES string of the molecule is C[C@H]1OC(C)(C)N(C(=O)OC(C)(C)C)[C@H]1c1ccccc1.Cc1ccc(C(=O)O)c(C)c1. The van der Waals surface area contributed by atoms with Gasteiger partial charge in [0, 0.05) is 0 Å². The van der Waals surface area contributed by atoms with E-state index in [9.17, 15) is 9.59 Å². The van der Waals surface area contributed by atoms with Crippen molar-refractivity contribution >= 4 is 12.1 Å². The first-order chi connectivity index (χ1) is 14.7. The average Bonchev–Trinajstić information content (AvgIpc) is 2.89. The molecule has 1 fully saturated rings. The first-order valence-corrected chi connectivity index (χ1v) is 10.8. The molecule has 1 amide bonds. The number of hydrogen-bond donors (Lipinski definition) is 1. The molecule has 1 aliphatic heterocycles. The molecule has 6 nitrogen and oxygen atoms in total.